The molecule has 0 aliphatic heterocycles. The standard InChI is InChI=1S/C13H22N2O3S/c1-4-14-8-5-9-19(16,17)15-12-6-7-13(18-3)11(2)10-12/h6-7,10,14-15H,4-5,8-9H2,1-3H3. The van der Waals surface area contributed by atoms with Crippen LogP contribution in [0.4, 0.5) is 5.69 Å². The molecule has 0 saturated heterocycles. The van der Waals surface area contributed by atoms with Gasteiger partial charge in [0, 0.05) is 5.69 Å². The molecule has 0 saturated carbocycles. The van der Waals surface area contributed by atoms with Gasteiger partial charge < -0.3 is 10.1 Å². The SMILES string of the molecule is CCNCCCS(=O)(=O)Nc1ccc(OC)c(C)c1. The zero-order valence-corrected chi connectivity index (χ0v) is 12.5. The Hall–Kier alpha value is -1.27. The highest BCUT2D eigenvalue weighted by Gasteiger charge is 2.10. The molecular formula is C13H22N2O3S. The van der Waals surface area contributed by atoms with E-state index in [-0.39, 0.29) is 5.75 Å². The predicted octanol–water partition coefficient (Wildman–Crippen LogP) is 1.74. The van der Waals surface area contributed by atoms with Crippen LogP contribution >= 0.6 is 0 Å². The molecule has 6 heteroatoms. The number of hydrogen-bond acceptors (Lipinski definition) is 4. The minimum absolute atomic E-state index is 0.116. The van der Waals surface area contributed by atoms with E-state index >= 15 is 0 Å². The fourth-order valence-electron chi connectivity index (χ4n) is 1.74. The van der Waals surface area contributed by atoms with E-state index in [9.17, 15) is 8.42 Å². The molecule has 0 amide bonds. The first-order chi connectivity index (χ1) is 8.98. The van der Waals surface area contributed by atoms with Gasteiger partial charge in [0.15, 0.2) is 0 Å². The summed E-state index contributed by atoms with van der Waals surface area (Å²) in [5, 5.41) is 3.10. The maximum absolute atomic E-state index is 11.9. The molecule has 1 aromatic rings. The molecule has 0 spiro atoms. The highest BCUT2D eigenvalue weighted by atomic mass is 32.2. The largest absolute Gasteiger partial charge is 0.496 e. The third-order valence-corrected chi connectivity index (χ3v) is 4.06. The van der Waals surface area contributed by atoms with Gasteiger partial charge in [-0.05, 0) is 50.2 Å². The maximum Gasteiger partial charge on any atom is 0.232 e. The van der Waals surface area contributed by atoms with Crippen molar-refractivity contribution in [1.29, 1.82) is 0 Å². The van der Waals surface area contributed by atoms with Crippen molar-refractivity contribution in [1.82, 2.24) is 5.32 Å². The summed E-state index contributed by atoms with van der Waals surface area (Å²) >= 11 is 0. The number of hydrogen-bond donors (Lipinski definition) is 2. The van der Waals surface area contributed by atoms with E-state index < -0.39 is 10.0 Å². The van der Waals surface area contributed by atoms with Crippen LogP contribution in [0, 0.1) is 6.92 Å². The third kappa shape index (κ3) is 5.48. The lowest BCUT2D eigenvalue weighted by atomic mass is 10.2. The van der Waals surface area contributed by atoms with E-state index in [4.69, 9.17) is 4.74 Å². The second kappa shape index (κ2) is 7.35. The number of anilines is 1. The molecule has 0 bridgehead atoms. The quantitative estimate of drug-likeness (QED) is 0.714. The fraction of sp³-hybridized carbons (Fsp3) is 0.538. The molecular weight excluding hydrogens is 264 g/mol. The summed E-state index contributed by atoms with van der Waals surface area (Å²) in [5.41, 5.74) is 1.47. The summed E-state index contributed by atoms with van der Waals surface area (Å²) < 4.78 is 31.4. The number of methoxy groups -OCH3 is 1. The van der Waals surface area contributed by atoms with Gasteiger partial charge in [0.05, 0.1) is 12.9 Å². The first-order valence-corrected chi connectivity index (χ1v) is 7.99. The predicted molar refractivity (Wildman–Crippen MR) is 78.3 cm³/mol. The summed E-state index contributed by atoms with van der Waals surface area (Å²) in [6.07, 6.45) is 0.596. The summed E-state index contributed by atoms with van der Waals surface area (Å²) in [6, 6.07) is 5.22. The van der Waals surface area contributed by atoms with Crippen molar-refractivity contribution in [2.75, 3.05) is 30.7 Å². The Kier molecular flexibility index (Phi) is 6.11. The van der Waals surface area contributed by atoms with Crippen LogP contribution in [0.1, 0.15) is 18.9 Å². The van der Waals surface area contributed by atoms with Crippen molar-refractivity contribution in [2.45, 2.75) is 20.3 Å². The fourth-order valence-corrected chi connectivity index (χ4v) is 2.85. The molecule has 108 valence electrons. The molecule has 0 aromatic heterocycles. The second-order valence-electron chi connectivity index (χ2n) is 4.31. The van der Waals surface area contributed by atoms with Crippen molar-refractivity contribution in [3.05, 3.63) is 23.8 Å². The third-order valence-electron chi connectivity index (χ3n) is 2.68. The molecule has 0 aliphatic rings. The number of rotatable bonds is 8. The van der Waals surface area contributed by atoms with Crippen molar-refractivity contribution in [3.8, 4) is 5.75 Å². The number of sulfonamides is 1. The van der Waals surface area contributed by atoms with Gasteiger partial charge in [0.2, 0.25) is 10.0 Å². The lowest BCUT2D eigenvalue weighted by Gasteiger charge is -2.10. The van der Waals surface area contributed by atoms with Gasteiger partial charge >= 0.3 is 0 Å². The highest BCUT2D eigenvalue weighted by Crippen LogP contribution is 2.22. The Morgan fingerprint density at radius 3 is 2.63 bits per heavy atom. The van der Waals surface area contributed by atoms with Crippen molar-refractivity contribution in [2.24, 2.45) is 0 Å². The van der Waals surface area contributed by atoms with Gasteiger partial charge in [0.1, 0.15) is 5.75 Å². The number of nitrogens with one attached hydrogen (secondary N) is 2. The van der Waals surface area contributed by atoms with Crippen LogP contribution in [0.5, 0.6) is 5.75 Å². The van der Waals surface area contributed by atoms with Crippen LogP contribution in [0.3, 0.4) is 0 Å². The normalized spacial score (nSPS) is 11.3. The summed E-state index contributed by atoms with van der Waals surface area (Å²) in [5.74, 6) is 0.862. The van der Waals surface area contributed by atoms with Crippen molar-refractivity contribution < 1.29 is 13.2 Å². The maximum atomic E-state index is 11.9. The Labute approximate surface area is 115 Å². The van der Waals surface area contributed by atoms with Gasteiger partial charge in [-0.3, -0.25) is 4.72 Å². The van der Waals surface area contributed by atoms with Gasteiger partial charge in [0.25, 0.3) is 0 Å². The molecule has 0 atom stereocenters. The highest BCUT2D eigenvalue weighted by molar-refractivity contribution is 7.92. The molecule has 1 aromatic carbocycles. The molecule has 2 N–H and O–H groups in total. The van der Waals surface area contributed by atoms with Crippen LogP contribution in [-0.4, -0.2) is 34.4 Å². The Morgan fingerprint density at radius 2 is 2.05 bits per heavy atom. The van der Waals surface area contributed by atoms with Crippen LogP contribution < -0.4 is 14.8 Å². The van der Waals surface area contributed by atoms with E-state index in [2.05, 4.69) is 10.0 Å². The average Bonchev–Trinajstić information content (AvgIpc) is 2.34. The topological polar surface area (TPSA) is 67.4 Å². The van der Waals surface area contributed by atoms with Gasteiger partial charge in [-0.2, -0.15) is 0 Å². The Bertz CT molecular complexity index is 501. The molecule has 0 aliphatic carbocycles. The molecule has 19 heavy (non-hydrogen) atoms. The van der Waals surface area contributed by atoms with Gasteiger partial charge in [-0.1, -0.05) is 6.92 Å². The Balaban J connectivity index is 2.60. The van der Waals surface area contributed by atoms with E-state index in [0.29, 0.717) is 18.7 Å². The second-order valence-corrected chi connectivity index (χ2v) is 6.15. The van der Waals surface area contributed by atoms with E-state index in [1.165, 1.54) is 0 Å². The molecule has 0 heterocycles. The monoisotopic (exact) mass is 286 g/mol. The summed E-state index contributed by atoms with van der Waals surface area (Å²) in [6.45, 7) is 5.43. The molecule has 0 unspecified atom stereocenters. The first kappa shape index (κ1) is 15.8. The van der Waals surface area contributed by atoms with E-state index in [1.807, 2.05) is 13.8 Å². The van der Waals surface area contributed by atoms with Crippen molar-refractivity contribution >= 4 is 15.7 Å². The van der Waals surface area contributed by atoms with E-state index in [0.717, 1.165) is 17.9 Å². The molecule has 0 fully saturated rings. The average molecular weight is 286 g/mol. The van der Waals surface area contributed by atoms with E-state index in [1.54, 1.807) is 25.3 Å². The zero-order valence-electron chi connectivity index (χ0n) is 11.7. The number of aryl methyl sites for hydroxylation is 1. The molecule has 5 nitrogen and oxygen atoms in total. The zero-order chi connectivity index (χ0) is 14.3. The molecule has 1 rings (SSSR count). The smallest absolute Gasteiger partial charge is 0.232 e. The summed E-state index contributed by atoms with van der Waals surface area (Å²) in [4.78, 5) is 0. The minimum Gasteiger partial charge on any atom is -0.496 e. The van der Waals surface area contributed by atoms with Crippen molar-refractivity contribution in [3.63, 3.8) is 0 Å². The Morgan fingerprint density at radius 1 is 1.32 bits per heavy atom. The summed E-state index contributed by atoms with van der Waals surface area (Å²) in [7, 11) is -1.69. The van der Waals surface area contributed by atoms with Crippen LogP contribution in [0.25, 0.3) is 0 Å². The van der Waals surface area contributed by atoms with Gasteiger partial charge in [-0.25, -0.2) is 8.42 Å². The number of benzene rings is 1. The minimum atomic E-state index is -3.28. The first-order valence-electron chi connectivity index (χ1n) is 6.34. The van der Waals surface area contributed by atoms with Crippen LogP contribution in [0.2, 0.25) is 0 Å². The number of ether oxygens (including phenoxy) is 1. The lowest BCUT2D eigenvalue weighted by Crippen LogP contribution is -2.21. The van der Waals surface area contributed by atoms with Gasteiger partial charge in [-0.15, -0.1) is 0 Å². The molecule has 0 radical (unpaired) electrons. The lowest BCUT2D eigenvalue weighted by molar-refractivity contribution is 0.412. The van der Waals surface area contributed by atoms with Crippen LogP contribution in [-0.2, 0) is 10.0 Å². The van der Waals surface area contributed by atoms with Crippen LogP contribution in [0.15, 0.2) is 18.2 Å².